The Balaban J connectivity index is 1.43. The zero-order valence-electron chi connectivity index (χ0n) is 15.8. The minimum Gasteiger partial charge on any atom is -0.389 e. The molecule has 2 fully saturated rings. The lowest BCUT2D eigenvalue weighted by molar-refractivity contribution is -0.137. The van der Waals surface area contributed by atoms with Crippen molar-refractivity contribution in [2.75, 3.05) is 44.2 Å². The van der Waals surface area contributed by atoms with E-state index in [1.807, 2.05) is 4.90 Å². The maximum Gasteiger partial charge on any atom is 0.416 e. The average Bonchev–Trinajstić information content (AvgIpc) is 3.05. The third-order valence-electron chi connectivity index (χ3n) is 5.67. The van der Waals surface area contributed by atoms with Crippen LogP contribution in [0.1, 0.15) is 31.7 Å². The first kappa shape index (κ1) is 20.4. The van der Waals surface area contributed by atoms with Crippen molar-refractivity contribution in [1.82, 2.24) is 4.90 Å². The van der Waals surface area contributed by atoms with Gasteiger partial charge in [0, 0.05) is 38.4 Å². The van der Waals surface area contributed by atoms with E-state index in [1.165, 1.54) is 25.0 Å². The number of hydrogen-bond donors (Lipinski definition) is 1. The maximum absolute atomic E-state index is 12.9. The summed E-state index contributed by atoms with van der Waals surface area (Å²) in [5.41, 5.74) is -0.0141. The van der Waals surface area contributed by atoms with E-state index < -0.39 is 17.8 Å². The summed E-state index contributed by atoms with van der Waals surface area (Å²) in [4.78, 5) is 4.12. The molecule has 1 aliphatic carbocycles. The first-order chi connectivity index (χ1) is 12.8. The molecule has 1 aromatic rings. The summed E-state index contributed by atoms with van der Waals surface area (Å²) in [6, 6.07) is 5.48. The predicted octanol–water partition coefficient (Wildman–Crippen LogP) is 3.39. The van der Waals surface area contributed by atoms with Gasteiger partial charge < -0.3 is 14.7 Å². The highest BCUT2D eigenvalue weighted by Crippen LogP contribution is 2.32. The van der Waals surface area contributed by atoms with Crippen LogP contribution in [-0.2, 0) is 10.9 Å². The van der Waals surface area contributed by atoms with Gasteiger partial charge in [-0.1, -0.05) is 19.4 Å². The minimum atomic E-state index is -4.32. The molecule has 152 valence electrons. The number of piperazine rings is 1. The van der Waals surface area contributed by atoms with Crippen molar-refractivity contribution in [2.45, 2.75) is 44.6 Å². The molecule has 0 aromatic heterocycles. The van der Waals surface area contributed by atoms with Gasteiger partial charge in [-0.3, -0.25) is 4.90 Å². The van der Waals surface area contributed by atoms with Crippen LogP contribution in [-0.4, -0.2) is 61.5 Å². The van der Waals surface area contributed by atoms with Crippen LogP contribution in [0, 0.1) is 5.92 Å². The number of halogens is 3. The van der Waals surface area contributed by atoms with Gasteiger partial charge in [0.2, 0.25) is 0 Å². The summed E-state index contributed by atoms with van der Waals surface area (Å²) in [5, 5.41) is 10.3. The van der Waals surface area contributed by atoms with E-state index in [1.54, 1.807) is 6.07 Å². The summed E-state index contributed by atoms with van der Waals surface area (Å²) in [7, 11) is 0. The number of anilines is 1. The van der Waals surface area contributed by atoms with Gasteiger partial charge in [0.05, 0.1) is 24.4 Å². The van der Waals surface area contributed by atoms with Gasteiger partial charge in [-0.2, -0.15) is 13.2 Å². The van der Waals surface area contributed by atoms with E-state index in [0.717, 1.165) is 12.5 Å². The van der Waals surface area contributed by atoms with Gasteiger partial charge in [0.15, 0.2) is 0 Å². The van der Waals surface area contributed by atoms with Crippen LogP contribution < -0.4 is 4.90 Å². The van der Waals surface area contributed by atoms with Crippen LogP contribution in [0.4, 0.5) is 18.9 Å². The smallest absolute Gasteiger partial charge is 0.389 e. The number of ether oxygens (including phenoxy) is 1. The largest absolute Gasteiger partial charge is 0.416 e. The highest BCUT2D eigenvalue weighted by atomic mass is 19.4. The normalized spacial score (nSPS) is 25.7. The molecule has 2 aliphatic rings. The van der Waals surface area contributed by atoms with Crippen LogP contribution in [0.3, 0.4) is 0 Å². The summed E-state index contributed by atoms with van der Waals surface area (Å²) < 4.78 is 44.5. The molecule has 1 saturated carbocycles. The Morgan fingerprint density at radius 1 is 1.19 bits per heavy atom. The highest BCUT2D eigenvalue weighted by molar-refractivity contribution is 5.49. The molecule has 1 heterocycles. The molecule has 27 heavy (non-hydrogen) atoms. The molecule has 1 saturated heterocycles. The lowest BCUT2D eigenvalue weighted by Gasteiger charge is -2.37. The maximum atomic E-state index is 12.9. The number of β-amino-alcohol motifs (C(OH)–C–C–N with tert-alkyl or cyclic N) is 1. The van der Waals surface area contributed by atoms with E-state index in [9.17, 15) is 18.3 Å². The molecule has 3 atom stereocenters. The van der Waals surface area contributed by atoms with Crippen LogP contribution in [0.2, 0.25) is 0 Å². The standard InChI is InChI=1S/C20H29F3N2O2/c1-15-4-2-7-19(15)27-14-18(26)13-24-8-10-25(11-9-24)17-6-3-5-16(12-17)20(21,22)23/h3,5-6,12,15,18-19,26H,2,4,7-11,13-14H2,1H3/t15-,18+,19-/m0/s1. The van der Waals surface area contributed by atoms with Crippen molar-refractivity contribution in [1.29, 1.82) is 0 Å². The fraction of sp³-hybridized carbons (Fsp3) is 0.700. The molecule has 7 heteroatoms. The third kappa shape index (κ3) is 5.59. The Kier molecular flexibility index (Phi) is 6.65. The van der Waals surface area contributed by atoms with Gasteiger partial charge in [-0.05, 0) is 37.0 Å². The molecular weight excluding hydrogens is 357 g/mol. The number of aliphatic hydroxyl groups is 1. The van der Waals surface area contributed by atoms with E-state index in [0.29, 0.717) is 50.9 Å². The Labute approximate surface area is 158 Å². The highest BCUT2D eigenvalue weighted by Gasteiger charge is 2.31. The van der Waals surface area contributed by atoms with E-state index in [2.05, 4.69) is 11.8 Å². The topological polar surface area (TPSA) is 35.9 Å². The number of nitrogens with zero attached hydrogens (tertiary/aromatic N) is 2. The molecule has 0 spiro atoms. The molecule has 3 rings (SSSR count). The summed E-state index contributed by atoms with van der Waals surface area (Å²) >= 11 is 0. The van der Waals surface area contributed by atoms with Crippen molar-refractivity contribution in [3.8, 4) is 0 Å². The lowest BCUT2D eigenvalue weighted by atomic mass is 10.1. The summed E-state index contributed by atoms with van der Waals surface area (Å²) in [6.07, 6.45) is -1.13. The molecule has 1 aromatic carbocycles. The SMILES string of the molecule is C[C@H]1CCC[C@@H]1OC[C@H](O)CN1CCN(c2cccc(C(F)(F)F)c2)CC1. The van der Waals surface area contributed by atoms with Gasteiger partial charge in [-0.15, -0.1) is 0 Å². The van der Waals surface area contributed by atoms with Gasteiger partial charge in [0.1, 0.15) is 0 Å². The minimum absolute atomic E-state index is 0.261. The van der Waals surface area contributed by atoms with Gasteiger partial charge in [0.25, 0.3) is 0 Å². The van der Waals surface area contributed by atoms with Crippen molar-refractivity contribution >= 4 is 5.69 Å². The zero-order chi connectivity index (χ0) is 19.4. The molecule has 1 N–H and O–H groups in total. The first-order valence-electron chi connectivity index (χ1n) is 9.77. The molecule has 0 amide bonds. The van der Waals surface area contributed by atoms with Crippen molar-refractivity contribution in [3.63, 3.8) is 0 Å². The number of benzene rings is 1. The molecule has 0 bridgehead atoms. The van der Waals surface area contributed by atoms with E-state index in [4.69, 9.17) is 4.74 Å². The van der Waals surface area contributed by atoms with Crippen molar-refractivity contribution in [3.05, 3.63) is 29.8 Å². The van der Waals surface area contributed by atoms with E-state index >= 15 is 0 Å². The quantitative estimate of drug-likeness (QED) is 0.813. The molecule has 0 radical (unpaired) electrons. The van der Waals surface area contributed by atoms with Crippen LogP contribution >= 0.6 is 0 Å². The molecule has 0 unspecified atom stereocenters. The second-order valence-corrected chi connectivity index (χ2v) is 7.77. The number of alkyl halides is 3. The van der Waals surface area contributed by atoms with E-state index in [-0.39, 0.29) is 6.10 Å². The number of hydrogen-bond acceptors (Lipinski definition) is 4. The fourth-order valence-corrected chi connectivity index (χ4v) is 4.01. The molecule has 1 aliphatic heterocycles. The molecular formula is C20H29F3N2O2. The Hall–Kier alpha value is -1.31. The second-order valence-electron chi connectivity index (χ2n) is 7.77. The second kappa shape index (κ2) is 8.80. The number of rotatable bonds is 6. The number of aliphatic hydroxyl groups excluding tert-OH is 1. The average molecular weight is 386 g/mol. The van der Waals surface area contributed by atoms with Crippen molar-refractivity contribution in [2.24, 2.45) is 5.92 Å². The predicted molar refractivity (Wildman–Crippen MR) is 98.9 cm³/mol. The van der Waals surface area contributed by atoms with Gasteiger partial charge >= 0.3 is 6.18 Å². The first-order valence-corrected chi connectivity index (χ1v) is 9.77. The lowest BCUT2D eigenvalue weighted by Crippen LogP contribution is -2.49. The Bertz CT molecular complexity index is 603. The zero-order valence-corrected chi connectivity index (χ0v) is 15.8. The van der Waals surface area contributed by atoms with Gasteiger partial charge in [-0.25, -0.2) is 0 Å². The van der Waals surface area contributed by atoms with Crippen LogP contribution in [0.25, 0.3) is 0 Å². The van der Waals surface area contributed by atoms with Crippen molar-refractivity contribution < 1.29 is 23.0 Å². The third-order valence-corrected chi connectivity index (χ3v) is 5.67. The van der Waals surface area contributed by atoms with Crippen LogP contribution in [0.5, 0.6) is 0 Å². The Morgan fingerprint density at radius 2 is 1.93 bits per heavy atom. The Morgan fingerprint density at radius 3 is 2.56 bits per heavy atom. The summed E-state index contributed by atoms with van der Waals surface area (Å²) in [6.45, 7) is 5.81. The summed E-state index contributed by atoms with van der Waals surface area (Å²) in [5.74, 6) is 0.563. The molecule has 4 nitrogen and oxygen atoms in total. The fourth-order valence-electron chi connectivity index (χ4n) is 4.01. The monoisotopic (exact) mass is 386 g/mol. The van der Waals surface area contributed by atoms with Crippen LogP contribution in [0.15, 0.2) is 24.3 Å².